The third kappa shape index (κ3) is 2.64. The predicted octanol–water partition coefficient (Wildman–Crippen LogP) is 2.86. The molecule has 0 unspecified atom stereocenters. The Bertz CT molecular complexity index is 354. The van der Waals surface area contributed by atoms with Crippen molar-refractivity contribution < 1.29 is 4.79 Å². The molecule has 0 aromatic heterocycles. The summed E-state index contributed by atoms with van der Waals surface area (Å²) in [4.78, 5) is 13.9. The van der Waals surface area contributed by atoms with E-state index in [-0.39, 0.29) is 0 Å². The third-order valence-corrected chi connectivity index (χ3v) is 2.53. The summed E-state index contributed by atoms with van der Waals surface area (Å²) < 4.78 is 1.14. The largest absolute Gasteiger partial charge is 0.235 e. The Hall–Kier alpha value is -0.670. The molecule has 0 aliphatic carbocycles. The van der Waals surface area contributed by atoms with Crippen LogP contribution in [0.3, 0.4) is 0 Å². The number of halogens is 1. The molecule has 0 atom stereocenters. The number of aliphatic imine (C=N–C) groups is 1. The lowest BCUT2D eigenvalue weighted by Gasteiger charge is -2.17. The van der Waals surface area contributed by atoms with Gasteiger partial charge in [-0.15, -0.1) is 0 Å². The zero-order valence-corrected chi connectivity index (χ0v) is 9.70. The smallest absolute Gasteiger partial charge is 0.211 e. The lowest BCUT2D eigenvalue weighted by Crippen LogP contribution is -2.13. The fourth-order valence-electron chi connectivity index (χ4n) is 1.05. The molecule has 3 heteroatoms. The monoisotopic (exact) mass is 287 g/mol. The van der Waals surface area contributed by atoms with E-state index in [2.05, 4.69) is 27.6 Å². The summed E-state index contributed by atoms with van der Waals surface area (Å²) in [5.74, 6) is 0. The first kappa shape index (κ1) is 10.4. The molecule has 0 heterocycles. The molecular formula is C10H10INO. The SMILES string of the molecule is CC(C)(N=C=O)c1cccc(I)c1. The van der Waals surface area contributed by atoms with E-state index in [0.717, 1.165) is 9.13 Å². The van der Waals surface area contributed by atoms with E-state index < -0.39 is 5.54 Å². The molecule has 1 rings (SSSR count). The van der Waals surface area contributed by atoms with Crippen molar-refractivity contribution in [3.8, 4) is 0 Å². The van der Waals surface area contributed by atoms with Gasteiger partial charge in [0, 0.05) is 3.57 Å². The van der Waals surface area contributed by atoms with Gasteiger partial charge in [-0.25, -0.2) is 4.79 Å². The summed E-state index contributed by atoms with van der Waals surface area (Å²) in [5.41, 5.74) is 0.561. The van der Waals surface area contributed by atoms with E-state index in [1.54, 1.807) is 6.08 Å². The highest BCUT2D eigenvalue weighted by molar-refractivity contribution is 14.1. The first-order valence-corrected chi connectivity index (χ1v) is 4.99. The maximum atomic E-state index is 10.2. The van der Waals surface area contributed by atoms with E-state index in [1.165, 1.54) is 0 Å². The van der Waals surface area contributed by atoms with Gasteiger partial charge < -0.3 is 0 Å². The normalized spacial score (nSPS) is 10.7. The molecule has 0 N–H and O–H groups in total. The average molecular weight is 287 g/mol. The molecule has 0 bridgehead atoms. The Morgan fingerprint density at radius 3 is 2.69 bits per heavy atom. The van der Waals surface area contributed by atoms with Crippen LogP contribution < -0.4 is 0 Å². The number of benzene rings is 1. The first-order chi connectivity index (χ1) is 6.06. The van der Waals surface area contributed by atoms with Crippen molar-refractivity contribution >= 4 is 28.7 Å². The second-order valence-electron chi connectivity index (χ2n) is 3.27. The number of isocyanates is 1. The van der Waals surface area contributed by atoms with Gasteiger partial charge in [-0.05, 0) is 54.1 Å². The highest BCUT2D eigenvalue weighted by Crippen LogP contribution is 2.25. The van der Waals surface area contributed by atoms with Crippen LogP contribution in [-0.4, -0.2) is 6.08 Å². The fourth-order valence-corrected chi connectivity index (χ4v) is 1.59. The van der Waals surface area contributed by atoms with Gasteiger partial charge in [-0.1, -0.05) is 12.1 Å². The van der Waals surface area contributed by atoms with Crippen LogP contribution in [0.25, 0.3) is 0 Å². The molecule has 68 valence electrons. The van der Waals surface area contributed by atoms with E-state index in [4.69, 9.17) is 0 Å². The van der Waals surface area contributed by atoms with E-state index in [0.29, 0.717) is 0 Å². The van der Waals surface area contributed by atoms with Gasteiger partial charge in [0.1, 0.15) is 0 Å². The summed E-state index contributed by atoms with van der Waals surface area (Å²) in [7, 11) is 0. The van der Waals surface area contributed by atoms with E-state index in [1.807, 2.05) is 38.1 Å². The van der Waals surface area contributed by atoms with Crippen molar-refractivity contribution in [3.63, 3.8) is 0 Å². The second kappa shape index (κ2) is 4.03. The van der Waals surface area contributed by atoms with Crippen LogP contribution in [-0.2, 0) is 10.3 Å². The van der Waals surface area contributed by atoms with Crippen LogP contribution in [0.1, 0.15) is 19.4 Å². The fraction of sp³-hybridized carbons (Fsp3) is 0.300. The van der Waals surface area contributed by atoms with Crippen molar-refractivity contribution in [2.24, 2.45) is 4.99 Å². The summed E-state index contributed by atoms with van der Waals surface area (Å²) in [6, 6.07) is 7.94. The van der Waals surface area contributed by atoms with Crippen LogP contribution in [0.2, 0.25) is 0 Å². The van der Waals surface area contributed by atoms with Gasteiger partial charge in [-0.2, -0.15) is 4.99 Å². The van der Waals surface area contributed by atoms with Crippen molar-refractivity contribution in [2.45, 2.75) is 19.4 Å². The molecule has 0 saturated carbocycles. The van der Waals surface area contributed by atoms with Gasteiger partial charge in [0.05, 0.1) is 5.54 Å². The lowest BCUT2D eigenvalue weighted by molar-refractivity contribution is 0.522. The highest BCUT2D eigenvalue weighted by Gasteiger charge is 2.18. The molecule has 0 aliphatic heterocycles. The number of hydrogen-bond donors (Lipinski definition) is 0. The minimum atomic E-state index is -0.469. The molecule has 13 heavy (non-hydrogen) atoms. The maximum Gasteiger partial charge on any atom is 0.235 e. The van der Waals surface area contributed by atoms with Crippen LogP contribution in [0.4, 0.5) is 0 Å². The second-order valence-corrected chi connectivity index (χ2v) is 4.52. The van der Waals surface area contributed by atoms with E-state index >= 15 is 0 Å². The lowest BCUT2D eigenvalue weighted by atomic mass is 9.95. The average Bonchev–Trinajstić information content (AvgIpc) is 2.04. The Kier molecular flexibility index (Phi) is 3.22. The minimum absolute atomic E-state index is 0.469. The van der Waals surface area contributed by atoms with Crippen LogP contribution in [0.5, 0.6) is 0 Å². The Morgan fingerprint density at radius 1 is 1.46 bits per heavy atom. The Labute approximate surface area is 91.2 Å². The van der Waals surface area contributed by atoms with Gasteiger partial charge >= 0.3 is 0 Å². The van der Waals surface area contributed by atoms with E-state index in [9.17, 15) is 4.79 Å². The van der Waals surface area contributed by atoms with Crippen molar-refractivity contribution in [3.05, 3.63) is 33.4 Å². The number of hydrogen-bond acceptors (Lipinski definition) is 2. The van der Waals surface area contributed by atoms with Gasteiger partial charge in [0.2, 0.25) is 6.08 Å². The predicted molar refractivity (Wildman–Crippen MR) is 60.3 cm³/mol. The molecular weight excluding hydrogens is 277 g/mol. The zero-order chi connectivity index (χ0) is 9.90. The quantitative estimate of drug-likeness (QED) is 0.467. The first-order valence-electron chi connectivity index (χ1n) is 3.91. The van der Waals surface area contributed by atoms with Crippen LogP contribution in [0, 0.1) is 3.57 Å². The minimum Gasteiger partial charge on any atom is -0.211 e. The zero-order valence-electron chi connectivity index (χ0n) is 7.54. The summed E-state index contributed by atoms with van der Waals surface area (Å²) in [5, 5.41) is 0. The summed E-state index contributed by atoms with van der Waals surface area (Å²) in [6.07, 6.45) is 1.60. The molecule has 0 fully saturated rings. The molecule has 2 nitrogen and oxygen atoms in total. The summed E-state index contributed by atoms with van der Waals surface area (Å²) in [6.45, 7) is 3.78. The van der Waals surface area contributed by atoms with Crippen molar-refractivity contribution in [2.75, 3.05) is 0 Å². The maximum absolute atomic E-state index is 10.2. The molecule has 0 aliphatic rings. The molecule has 0 radical (unpaired) electrons. The highest BCUT2D eigenvalue weighted by atomic mass is 127. The Balaban J connectivity index is 3.13. The topological polar surface area (TPSA) is 29.4 Å². The van der Waals surface area contributed by atoms with Crippen LogP contribution >= 0.6 is 22.6 Å². The molecule has 0 saturated heterocycles. The van der Waals surface area contributed by atoms with Gasteiger partial charge in [-0.3, -0.25) is 0 Å². The summed E-state index contributed by atoms with van der Waals surface area (Å²) >= 11 is 2.23. The number of nitrogens with zero attached hydrogens (tertiary/aromatic N) is 1. The van der Waals surface area contributed by atoms with Gasteiger partial charge in [0.25, 0.3) is 0 Å². The molecule has 0 spiro atoms. The standard InChI is InChI=1S/C10H10INO/c1-10(2,12-7-13)8-4-3-5-9(11)6-8/h3-6H,1-2H3. The van der Waals surface area contributed by atoms with Crippen molar-refractivity contribution in [1.29, 1.82) is 0 Å². The molecule has 0 amide bonds. The van der Waals surface area contributed by atoms with Crippen molar-refractivity contribution in [1.82, 2.24) is 0 Å². The number of rotatable bonds is 2. The third-order valence-electron chi connectivity index (χ3n) is 1.86. The molecule has 1 aromatic carbocycles. The Morgan fingerprint density at radius 2 is 2.15 bits per heavy atom. The number of carbonyl (C=O) groups excluding carboxylic acids is 1. The molecule has 1 aromatic rings. The van der Waals surface area contributed by atoms with Crippen LogP contribution in [0.15, 0.2) is 29.3 Å². The van der Waals surface area contributed by atoms with Gasteiger partial charge in [0.15, 0.2) is 0 Å².